The predicted octanol–water partition coefficient (Wildman–Crippen LogP) is 1.81. The van der Waals surface area contributed by atoms with Crippen molar-refractivity contribution in [3.05, 3.63) is 0 Å². The van der Waals surface area contributed by atoms with Gasteiger partial charge in [-0.2, -0.15) is 0 Å². The highest BCUT2D eigenvalue weighted by Gasteiger charge is 2.09. The van der Waals surface area contributed by atoms with Gasteiger partial charge in [0.25, 0.3) is 6.72 Å². The highest BCUT2D eigenvalue weighted by Crippen LogP contribution is 2.45. The van der Waals surface area contributed by atoms with Crippen LogP contribution in [-0.4, -0.2) is 16.4 Å². The van der Waals surface area contributed by atoms with E-state index >= 15 is 0 Å². The molecule has 5 heteroatoms. The van der Waals surface area contributed by atoms with E-state index in [0.717, 1.165) is 0 Å². The van der Waals surface area contributed by atoms with Crippen molar-refractivity contribution in [2.24, 2.45) is 0 Å². The quantitative estimate of drug-likeness (QED) is 0.554. The Balaban J connectivity index is 3.36. The Kier molecular flexibility index (Phi) is 3.50. The second-order valence-corrected chi connectivity index (χ2v) is 5.09. The summed E-state index contributed by atoms with van der Waals surface area (Å²) < 4.78 is 10.1. The van der Waals surface area contributed by atoms with Crippen LogP contribution in [0.1, 0.15) is 0 Å². The van der Waals surface area contributed by atoms with Gasteiger partial charge in [0, 0.05) is 11.5 Å². The van der Waals surface area contributed by atoms with E-state index in [9.17, 15) is 4.57 Å². The Hall–Kier alpha value is 0.960. The van der Waals surface area contributed by atoms with Gasteiger partial charge in [0.15, 0.2) is 0 Å². The van der Waals surface area contributed by atoms with E-state index in [1.807, 2.05) is 0 Å². The molecule has 0 fully saturated rings. The van der Waals surface area contributed by atoms with Crippen LogP contribution in [0.3, 0.4) is 0 Å². The zero-order chi connectivity index (χ0) is 5.91. The Morgan fingerprint density at radius 2 is 2.29 bits per heavy atom. The molecule has 0 bridgehead atoms. The molecule has 2 nitrogen and oxygen atoms in total. The average Bonchev–Trinajstić information content (AvgIpc) is 1.30. The molecule has 0 saturated heterocycles. The molecule has 1 unspecified atom stereocenters. The van der Waals surface area contributed by atoms with Gasteiger partial charge in [0.2, 0.25) is 0 Å². The Labute approximate surface area is 55.2 Å². The van der Waals surface area contributed by atoms with Crippen molar-refractivity contribution in [3.8, 4) is 0 Å². The van der Waals surface area contributed by atoms with Crippen molar-refractivity contribution in [2.75, 3.05) is 11.5 Å². The Bertz CT molecular complexity index is 89.7. The van der Waals surface area contributed by atoms with Crippen LogP contribution in [-0.2, 0) is 4.57 Å². The molecule has 44 valence electrons. The van der Waals surface area contributed by atoms with Crippen molar-refractivity contribution < 1.29 is 9.46 Å². The molecule has 0 aliphatic rings. The minimum absolute atomic E-state index is 0.133. The summed E-state index contributed by atoms with van der Waals surface area (Å²) in [6.07, 6.45) is 0.133. The molecule has 0 aromatic rings. The molecule has 0 spiro atoms. The fraction of sp³-hybridized carbons (Fsp3) is 1.00. The average molecular weight is 207 g/mol. The van der Waals surface area contributed by atoms with Crippen LogP contribution in [0, 0.1) is 0 Å². The maximum absolute atomic E-state index is 10.1. The third-order valence-electron chi connectivity index (χ3n) is 0.360. The van der Waals surface area contributed by atoms with Crippen LogP contribution in [0.2, 0.25) is 0 Å². The van der Waals surface area contributed by atoms with Crippen LogP contribution in [0.25, 0.3) is 0 Å². The number of halogens is 2. The molecule has 1 N–H and O–H groups in total. The van der Waals surface area contributed by atoms with E-state index in [-0.39, 0.29) is 6.16 Å². The largest absolute Gasteiger partial charge is 0.333 e. The van der Waals surface area contributed by atoms with E-state index in [1.54, 1.807) is 0 Å². The van der Waals surface area contributed by atoms with E-state index in [4.69, 9.17) is 16.1 Å². The fourth-order valence-electron chi connectivity index (χ4n) is 0.104. The minimum Gasteiger partial charge on any atom is -0.333 e. The summed E-state index contributed by atoms with van der Waals surface area (Å²) in [6.45, 7) is -3.24. The van der Waals surface area contributed by atoms with Gasteiger partial charge < -0.3 is 4.89 Å². The number of hydrogen-bond donors (Lipinski definition) is 1. The zero-order valence-electron chi connectivity index (χ0n) is 3.47. The van der Waals surface area contributed by atoms with Gasteiger partial charge >= 0.3 is 0 Å². The normalized spacial score (nSPS) is 18.7. The van der Waals surface area contributed by atoms with E-state index in [0.29, 0.717) is 5.33 Å². The molecule has 1 atom stereocenters. The van der Waals surface area contributed by atoms with Gasteiger partial charge in [-0.1, -0.05) is 15.9 Å². The third kappa shape index (κ3) is 6.96. The predicted molar refractivity (Wildman–Crippen MR) is 34.3 cm³/mol. The number of alkyl halides is 1. The van der Waals surface area contributed by atoms with Crippen LogP contribution in [0.5, 0.6) is 0 Å². The summed E-state index contributed by atoms with van der Waals surface area (Å²) in [5, 5.41) is 0.476. The lowest BCUT2D eigenvalue weighted by Crippen LogP contribution is -1.80. The maximum atomic E-state index is 10.1. The fourth-order valence-corrected chi connectivity index (χ4v) is 2.62. The van der Waals surface area contributed by atoms with Gasteiger partial charge in [0.1, 0.15) is 0 Å². The molecule has 0 aromatic carbocycles. The first-order valence-corrected chi connectivity index (χ1v) is 5.51. The standard InChI is InChI=1S/C2H5BrClO2P/c3-1-2-7(4,5)6/h1-2H2,(H,5,6). The monoisotopic (exact) mass is 206 g/mol. The van der Waals surface area contributed by atoms with Crippen LogP contribution in [0.15, 0.2) is 0 Å². The first kappa shape index (κ1) is 7.96. The van der Waals surface area contributed by atoms with E-state index in [2.05, 4.69) is 15.9 Å². The van der Waals surface area contributed by atoms with Gasteiger partial charge in [-0.05, 0) is 11.2 Å². The Morgan fingerprint density at radius 3 is 2.29 bits per heavy atom. The molecule has 0 heterocycles. The number of hydrogen-bond acceptors (Lipinski definition) is 1. The topological polar surface area (TPSA) is 37.3 Å². The SMILES string of the molecule is O=P(O)(Cl)CCBr. The van der Waals surface area contributed by atoms with Crippen LogP contribution < -0.4 is 0 Å². The molecular formula is C2H5BrClO2P. The molecule has 0 amide bonds. The molecule has 7 heavy (non-hydrogen) atoms. The van der Waals surface area contributed by atoms with Crippen molar-refractivity contribution in [2.45, 2.75) is 0 Å². The molecule has 0 saturated carbocycles. The summed E-state index contributed by atoms with van der Waals surface area (Å²) in [5.41, 5.74) is 0. The number of rotatable bonds is 2. The van der Waals surface area contributed by atoms with Gasteiger partial charge in [0.05, 0.1) is 0 Å². The van der Waals surface area contributed by atoms with Gasteiger partial charge in [-0.3, -0.25) is 4.57 Å². The molecule has 0 radical (unpaired) electrons. The van der Waals surface area contributed by atoms with Gasteiger partial charge in [-0.15, -0.1) is 0 Å². The summed E-state index contributed by atoms with van der Waals surface area (Å²) in [6, 6.07) is 0. The molecule has 0 rings (SSSR count). The van der Waals surface area contributed by atoms with Crippen molar-refractivity contribution in [1.29, 1.82) is 0 Å². The second-order valence-electron chi connectivity index (χ2n) is 1.03. The van der Waals surface area contributed by atoms with E-state index < -0.39 is 6.72 Å². The summed E-state index contributed by atoms with van der Waals surface area (Å²) >= 11 is 7.88. The second kappa shape index (κ2) is 3.08. The zero-order valence-corrected chi connectivity index (χ0v) is 6.71. The lowest BCUT2D eigenvalue weighted by atomic mass is 11.0. The minimum atomic E-state index is -3.24. The Morgan fingerprint density at radius 1 is 1.86 bits per heavy atom. The van der Waals surface area contributed by atoms with E-state index in [1.165, 1.54) is 0 Å². The smallest absolute Gasteiger partial charge is 0.288 e. The molecule has 0 aromatic heterocycles. The highest BCUT2D eigenvalue weighted by molar-refractivity contribution is 9.09. The maximum Gasteiger partial charge on any atom is 0.288 e. The lowest BCUT2D eigenvalue weighted by molar-refractivity contribution is 0.497. The van der Waals surface area contributed by atoms with Crippen LogP contribution in [0.4, 0.5) is 0 Å². The first-order chi connectivity index (χ1) is 3.06. The lowest BCUT2D eigenvalue weighted by Gasteiger charge is -1.94. The van der Waals surface area contributed by atoms with Crippen LogP contribution >= 0.6 is 33.9 Å². The molecule has 0 aliphatic heterocycles. The first-order valence-electron chi connectivity index (χ1n) is 1.64. The highest BCUT2D eigenvalue weighted by atomic mass is 79.9. The van der Waals surface area contributed by atoms with Gasteiger partial charge in [-0.25, -0.2) is 0 Å². The summed E-state index contributed by atoms with van der Waals surface area (Å²) in [7, 11) is 0. The third-order valence-corrected chi connectivity index (χ3v) is 2.65. The van der Waals surface area contributed by atoms with Crippen molar-refractivity contribution in [1.82, 2.24) is 0 Å². The summed E-state index contributed by atoms with van der Waals surface area (Å²) in [4.78, 5) is 8.31. The summed E-state index contributed by atoms with van der Waals surface area (Å²) in [5.74, 6) is 0. The molecular weight excluding hydrogens is 202 g/mol. The van der Waals surface area contributed by atoms with Crippen molar-refractivity contribution >= 4 is 33.9 Å². The molecule has 0 aliphatic carbocycles. The van der Waals surface area contributed by atoms with Crippen molar-refractivity contribution in [3.63, 3.8) is 0 Å².